The van der Waals surface area contributed by atoms with Crippen LogP contribution >= 0.6 is 0 Å². The molecular formula is C37H43N3O5S. The third kappa shape index (κ3) is 8.97. The minimum absolute atomic E-state index is 0.0603. The van der Waals surface area contributed by atoms with Crippen LogP contribution in [0.4, 0.5) is 5.69 Å². The van der Waals surface area contributed by atoms with E-state index in [1.807, 2.05) is 75.4 Å². The van der Waals surface area contributed by atoms with Crippen LogP contribution in [0.5, 0.6) is 5.75 Å². The maximum atomic E-state index is 14.6. The van der Waals surface area contributed by atoms with Gasteiger partial charge in [-0.2, -0.15) is 0 Å². The Morgan fingerprint density at radius 1 is 0.826 bits per heavy atom. The first-order chi connectivity index (χ1) is 22.1. The van der Waals surface area contributed by atoms with E-state index in [2.05, 4.69) is 5.32 Å². The number of aryl methyl sites for hydroxylation is 2. The lowest BCUT2D eigenvalue weighted by Crippen LogP contribution is -2.53. The predicted molar refractivity (Wildman–Crippen MR) is 182 cm³/mol. The molecule has 0 aromatic heterocycles. The molecule has 2 amide bonds. The van der Waals surface area contributed by atoms with Gasteiger partial charge < -0.3 is 15.0 Å². The Balaban J connectivity index is 1.79. The van der Waals surface area contributed by atoms with E-state index in [4.69, 9.17) is 4.74 Å². The van der Waals surface area contributed by atoms with Crippen LogP contribution in [-0.2, 0) is 32.6 Å². The number of ether oxygens (including phenoxy) is 1. The molecule has 0 fully saturated rings. The Bertz CT molecular complexity index is 1690. The van der Waals surface area contributed by atoms with E-state index in [1.54, 1.807) is 36.4 Å². The molecule has 8 nitrogen and oxygen atoms in total. The lowest BCUT2D eigenvalue weighted by molar-refractivity contribution is -0.140. The van der Waals surface area contributed by atoms with Gasteiger partial charge in [0.05, 0.1) is 17.7 Å². The summed E-state index contributed by atoms with van der Waals surface area (Å²) in [5, 5.41) is 3.02. The van der Waals surface area contributed by atoms with E-state index in [1.165, 1.54) is 24.1 Å². The molecule has 0 bridgehead atoms. The second-order valence-corrected chi connectivity index (χ2v) is 13.2. The summed E-state index contributed by atoms with van der Waals surface area (Å²) >= 11 is 0. The zero-order valence-electron chi connectivity index (χ0n) is 27.0. The van der Waals surface area contributed by atoms with Crippen molar-refractivity contribution in [1.29, 1.82) is 0 Å². The number of hydrogen-bond donors (Lipinski definition) is 1. The normalized spacial score (nSPS) is 11.8. The fourth-order valence-corrected chi connectivity index (χ4v) is 6.60. The molecular weight excluding hydrogens is 598 g/mol. The molecule has 0 unspecified atom stereocenters. The maximum absolute atomic E-state index is 14.6. The summed E-state index contributed by atoms with van der Waals surface area (Å²) in [4.78, 5) is 30.0. The number of carbonyl (C=O) groups is 2. The number of unbranched alkanes of at least 4 members (excludes halogenated alkanes) is 1. The number of methoxy groups -OCH3 is 1. The summed E-state index contributed by atoms with van der Waals surface area (Å²) in [5.74, 6) is -0.231. The Kier molecular flexibility index (Phi) is 12.0. The molecule has 0 heterocycles. The molecule has 46 heavy (non-hydrogen) atoms. The SMILES string of the molecule is CCCCNC(=O)[C@@H](Cc1ccccc1)N(Cc1cccc(C)c1)C(=O)CN(c1ccc(OC)cc1)S(=O)(=O)c1ccc(C)cc1. The zero-order valence-corrected chi connectivity index (χ0v) is 27.8. The number of hydrogen-bond acceptors (Lipinski definition) is 5. The summed E-state index contributed by atoms with van der Waals surface area (Å²) in [5.41, 5.74) is 3.95. The first-order valence-electron chi connectivity index (χ1n) is 15.5. The van der Waals surface area contributed by atoms with Crippen LogP contribution in [0.2, 0.25) is 0 Å². The highest BCUT2D eigenvalue weighted by Crippen LogP contribution is 2.27. The van der Waals surface area contributed by atoms with E-state index in [0.717, 1.165) is 39.4 Å². The molecule has 0 radical (unpaired) electrons. The van der Waals surface area contributed by atoms with Crippen LogP contribution < -0.4 is 14.4 Å². The molecule has 1 N–H and O–H groups in total. The summed E-state index contributed by atoms with van der Waals surface area (Å²) < 4.78 is 34.8. The third-order valence-corrected chi connectivity index (χ3v) is 9.57. The molecule has 0 aliphatic carbocycles. The Labute approximate surface area is 273 Å². The fraction of sp³-hybridized carbons (Fsp3) is 0.297. The van der Waals surface area contributed by atoms with Gasteiger partial charge in [-0.25, -0.2) is 8.42 Å². The van der Waals surface area contributed by atoms with Gasteiger partial charge in [0.1, 0.15) is 18.3 Å². The van der Waals surface area contributed by atoms with Gasteiger partial charge in [0, 0.05) is 19.5 Å². The maximum Gasteiger partial charge on any atom is 0.264 e. The molecule has 242 valence electrons. The van der Waals surface area contributed by atoms with Gasteiger partial charge in [-0.1, -0.05) is 91.2 Å². The van der Waals surface area contributed by atoms with Crippen LogP contribution in [0.3, 0.4) is 0 Å². The molecule has 4 rings (SSSR count). The summed E-state index contributed by atoms with van der Waals surface area (Å²) in [6.45, 7) is 5.98. The molecule has 0 saturated heterocycles. The standard InChI is InChI=1S/C37H43N3O5S/c1-5-6-23-38-37(42)35(25-30-12-8-7-9-13-30)39(26-31-14-10-11-29(3)24-31)36(41)27-40(32-17-19-33(45-4)20-18-32)46(43,44)34-21-15-28(2)16-22-34/h7-22,24,35H,5-6,23,25-27H2,1-4H3,(H,38,42)/t35-/m1/s1. The largest absolute Gasteiger partial charge is 0.497 e. The average Bonchev–Trinajstić information content (AvgIpc) is 3.06. The highest BCUT2D eigenvalue weighted by atomic mass is 32.2. The number of anilines is 1. The first kappa shape index (κ1) is 34.2. The van der Waals surface area contributed by atoms with Crippen LogP contribution in [0, 0.1) is 13.8 Å². The summed E-state index contributed by atoms with van der Waals surface area (Å²) in [7, 11) is -2.65. The van der Waals surface area contributed by atoms with Gasteiger partial charge in [0.25, 0.3) is 10.0 Å². The van der Waals surface area contributed by atoms with Crippen molar-refractivity contribution < 1.29 is 22.7 Å². The fourth-order valence-electron chi connectivity index (χ4n) is 5.18. The topological polar surface area (TPSA) is 96.0 Å². The van der Waals surface area contributed by atoms with Crippen LogP contribution in [0.25, 0.3) is 0 Å². The molecule has 1 atom stereocenters. The molecule has 9 heteroatoms. The monoisotopic (exact) mass is 641 g/mol. The van der Waals surface area contributed by atoms with Crippen molar-refractivity contribution in [2.75, 3.05) is 24.5 Å². The Morgan fingerprint density at radius 2 is 1.50 bits per heavy atom. The molecule has 0 spiro atoms. The van der Waals surface area contributed by atoms with E-state index < -0.39 is 28.5 Å². The Morgan fingerprint density at radius 3 is 2.13 bits per heavy atom. The molecule has 4 aromatic rings. The lowest BCUT2D eigenvalue weighted by atomic mass is 10.0. The predicted octanol–water partition coefficient (Wildman–Crippen LogP) is 6.06. The van der Waals surface area contributed by atoms with Crippen molar-refractivity contribution in [2.24, 2.45) is 0 Å². The number of benzene rings is 4. The van der Waals surface area contributed by atoms with Gasteiger partial charge in [0.15, 0.2) is 0 Å². The number of nitrogens with one attached hydrogen (secondary N) is 1. The highest BCUT2D eigenvalue weighted by Gasteiger charge is 2.34. The van der Waals surface area contributed by atoms with Gasteiger partial charge in [-0.15, -0.1) is 0 Å². The number of nitrogens with zero attached hydrogens (tertiary/aromatic N) is 2. The van der Waals surface area contributed by atoms with Crippen molar-refractivity contribution in [3.63, 3.8) is 0 Å². The lowest BCUT2D eigenvalue weighted by Gasteiger charge is -2.34. The number of amides is 2. The first-order valence-corrected chi connectivity index (χ1v) is 17.0. The van der Waals surface area contributed by atoms with Crippen molar-refractivity contribution in [2.45, 2.75) is 57.5 Å². The second-order valence-electron chi connectivity index (χ2n) is 11.4. The van der Waals surface area contributed by atoms with Gasteiger partial charge in [0.2, 0.25) is 11.8 Å². The van der Waals surface area contributed by atoms with Crippen LogP contribution in [-0.4, -0.2) is 51.4 Å². The average molecular weight is 642 g/mol. The van der Waals surface area contributed by atoms with E-state index in [9.17, 15) is 18.0 Å². The van der Waals surface area contributed by atoms with Gasteiger partial charge in [-0.3, -0.25) is 13.9 Å². The minimum Gasteiger partial charge on any atom is -0.497 e. The van der Waals surface area contributed by atoms with Crippen molar-refractivity contribution in [1.82, 2.24) is 10.2 Å². The van der Waals surface area contributed by atoms with Crippen LogP contribution in [0.15, 0.2) is 108 Å². The molecule has 0 aliphatic heterocycles. The Hall–Kier alpha value is -4.63. The van der Waals surface area contributed by atoms with E-state index >= 15 is 0 Å². The van der Waals surface area contributed by atoms with E-state index in [-0.39, 0.29) is 23.8 Å². The van der Waals surface area contributed by atoms with E-state index in [0.29, 0.717) is 18.0 Å². The van der Waals surface area contributed by atoms with Crippen LogP contribution in [0.1, 0.15) is 42.0 Å². The summed E-state index contributed by atoms with van der Waals surface area (Å²) in [6.07, 6.45) is 1.97. The zero-order chi connectivity index (χ0) is 33.1. The van der Waals surface area contributed by atoms with Gasteiger partial charge >= 0.3 is 0 Å². The number of sulfonamides is 1. The summed E-state index contributed by atoms with van der Waals surface area (Å²) in [6, 6.07) is 29.5. The number of rotatable bonds is 15. The second kappa shape index (κ2) is 16.1. The third-order valence-electron chi connectivity index (χ3n) is 7.78. The van der Waals surface area contributed by atoms with Crippen molar-refractivity contribution >= 4 is 27.5 Å². The molecule has 4 aromatic carbocycles. The van der Waals surface area contributed by atoms with Crippen molar-refractivity contribution in [3.05, 3.63) is 125 Å². The molecule has 0 aliphatic rings. The smallest absolute Gasteiger partial charge is 0.264 e. The van der Waals surface area contributed by atoms with Crippen molar-refractivity contribution in [3.8, 4) is 5.75 Å². The van der Waals surface area contributed by atoms with Gasteiger partial charge in [-0.05, 0) is 67.8 Å². The highest BCUT2D eigenvalue weighted by molar-refractivity contribution is 7.92. The number of carbonyl (C=O) groups excluding carboxylic acids is 2. The minimum atomic E-state index is -4.18. The quantitative estimate of drug-likeness (QED) is 0.159. The molecule has 0 saturated carbocycles.